The van der Waals surface area contributed by atoms with Crippen molar-refractivity contribution in [2.45, 2.75) is 25.9 Å². The topological polar surface area (TPSA) is 54.0 Å². The second kappa shape index (κ2) is 6.37. The molecule has 1 aliphatic heterocycles. The third kappa shape index (κ3) is 3.69. The first-order valence-corrected chi connectivity index (χ1v) is 7.79. The Hall–Kier alpha value is -0.590. The molecule has 4 nitrogen and oxygen atoms in total. The third-order valence-corrected chi connectivity index (χ3v) is 4.81. The largest absolute Gasteiger partial charge is 0.348 e. The van der Waals surface area contributed by atoms with Crippen LogP contribution in [-0.4, -0.2) is 35.0 Å². The van der Waals surface area contributed by atoms with Gasteiger partial charge in [0.05, 0.1) is 12.6 Å². The average Bonchev–Trinajstić information content (AvgIpc) is 2.85. The van der Waals surface area contributed by atoms with E-state index in [0.717, 1.165) is 29.5 Å². The van der Waals surface area contributed by atoms with E-state index in [4.69, 9.17) is 0 Å². The lowest BCUT2D eigenvalue weighted by Gasteiger charge is -2.21. The van der Waals surface area contributed by atoms with Crippen molar-refractivity contribution in [1.29, 1.82) is 0 Å². The summed E-state index contributed by atoms with van der Waals surface area (Å²) in [5.41, 5.74) is 0. The summed E-state index contributed by atoms with van der Waals surface area (Å²) in [6, 6.07) is -0.0423. The van der Waals surface area contributed by atoms with E-state index in [-0.39, 0.29) is 11.9 Å². The number of aryl methyl sites for hydroxylation is 1. The van der Waals surface area contributed by atoms with Gasteiger partial charge >= 0.3 is 0 Å². The molecule has 1 saturated heterocycles. The van der Waals surface area contributed by atoms with Crippen LogP contribution in [0.3, 0.4) is 0 Å². The van der Waals surface area contributed by atoms with Crippen LogP contribution in [-0.2, 0) is 17.8 Å². The molecule has 0 spiro atoms. The van der Waals surface area contributed by atoms with E-state index >= 15 is 0 Å². The molecular formula is C11H17N3OS2. The van der Waals surface area contributed by atoms with Gasteiger partial charge in [-0.1, -0.05) is 6.92 Å². The fourth-order valence-corrected chi connectivity index (χ4v) is 3.35. The molecule has 2 N–H and O–H groups in total. The minimum Gasteiger partial charge on any atom is -0.348 e. The second-order valence-electron chi connectivity index (χ2n) is 3.87. The van der Waals surface area contributed by atoms with Crippen LogP contribution in [0.15, 0.2) is 6.20 Å². The summed E-state index contributed by atoms with van der Waals surface area (Å²) >= 11 is 3.49. The monoisotopic (exact) mass is 271 g/mol. The number of carbonyl (C=O) groups excluding carboxylic acids is 1. The predicted molar refractivity (Wildman–Crippen MR) is 72.5 cm³/mol. The molecular weight excluding hydrogens is 254 g/mol. The molecule has 0 saturated carbocycles. The van der Waals surface area contributed by atoms with Crippen LogP contribution in [0, 0.1) is 0 Å². The maximum atomic E-state index is 11.8. The number of rotatable bonds is 4. The zero-order valence-corrected chi connectivity index (χ0v) is 11.5. The van der Waals surface area contributed by atoms with Crippen molar-refractivity contribution in [3.63, 3.8) is 0 Å². The van der Waals surface area contributed by atoms with E-state index in [1.54, 1.807) is 11.3 Å². The minimum atomic E-state index is -0.0423. The number of thiazole rings is 1. The summed E-state index contributed by atoms with van der Waals surface area (Å²) < 4.78 is 0. The molecule has 2 heterocycles. The van der Waals surface area contributed by atoms with E-state index in [0.29, 0.717) is 6.54 Å². The van der Waals surface area contributed by atoms with Gasteiger partial charge in [0, 0.05) is 29.1 Å². The van der Waals surface area contributed by atoms with E-state index < -0.39 is 0 Å². The Labute approximate surface area is 110 Å². The molecule has 0 aliphatic carbocycles. The van der Waals surface area contributed by atoms with Crippen molar-refractivity contribution in [3.8, 4) is 0 Å². The summed E-state index contributed by atoms with van der Waals surface area (Å²) in [5.74, 6) is 2.05. The van der Waals surface area contributed by atoms with Crippen LogP contribution >= 0.6 is 23.1 Å². The highest BCUT2D eigenvalue weighted by Crippen LogP contribution is 2.13. The lowest BCUT2D eigenvalue weighted by atomic mass is 10.3. The van der Waals surface area contributed by atoms with Crippen LogP contribution in [0.4, 0.5) is 0 Å². The number of nitrogens with zero attached hydrogens (tertiary/aromatic N) is 1. The highest BCUT2D eigenvalue weighted by atomic mass is 32.2. The normalized spacial score (nSPS) is 20.2. The van der Waals surface area contributed by atoms with Crippen molar-refractivity contribution in [1.82, 2.24) is 15.6 Å². The third-order valence-electron chi connectivity index (χ3n) is 2.60. The lowest BCUT2D eigenvalue weighted by Crippen LogP contribution is -2.48. The maximum absolute atomic E-state index is 11.8. The SMILES string of the molecule is CCc1cnc(CNC(=O)C2CSCCN2)s1. The molecule has 1 atom stereocenters. The summed E-state index contributed by atoms with van der Waals surface area (Å²) in [7, 11) is 0. The van der Waals surface area contributed by atoms with Crippen molar-refractivity contribution in [2.24, 2.45) is 0 Å². The zero-order valence-electron chi connectivity index (χ0n) is 9.86. The fourth-order valence-electron chi connectivity index (χ4n) is 1.61. The summed E-state index contributed by atoms with van der Waals surface area (Å²) in [6.07, 6.45) is 2.90. The highest BCUT2D eigenvalue weighted by Gasteiger charge is 2.20. The fraction of sp³-hybridized carbons (Fsp3) is 0.636. The van der Waals surface area contributed by atoms with Gasteiger partial charge in [0.25, 0.3) is 0 Å². The van der Waals surface area contributed by atoms with Crippen molar-refractivity contribution in [2.75, 3.05) is 18.1 Å². The quantitative estimate of drug-likeness (QED) is 0.859. The van der Waals surface area contributed by atoms with Crippen LogP contribution in [0.25, 0.3) is 0 Å². The van der Waals surface area contributed by atoms with Gasteiger partial charge in [0.1, 0.15) is 5.01 Å². The van der Waals surface area contributed by atoms with E-state index in [1.165, 1.54) is 4.88 Å². The van der Waals surface area contributed by atoms with Crippen LogP contribution < -0.4 is 10.6 Å². The Morgan fingerprint density at radius 2 is 2.59 bits per heavy atom. The van der Waals surface area contributed by atoms with Crippen LogP contribution in [0.1, 0.15) is 16.8 Å². The molecule has 1 aromatic heterocycles. The molecule has 2 rings (SSSR count). The lowest BCUT2D eigenvalue weighted by molar-refractivity contribution is -0.122. The van der Waals surface area contributed by atoms with E-state index in [1.807, 2.05) is 18.0 Å². The van der Waals surface area contributed by atoms with E-state index in [9.17, 15) is 4.79 Å². The smallest absolute Gasteiger partial charge is 0.238 e. The summed E-state index contributed by atoms with van der Waals surface area (Å²) in [4.78, 5) is 17.4. The van der Waals surface area contributed by atoms with Gasteiger partial charge in [-0.2, -0.15) is 11.8 Å². The van der Waals surface area contributed by atoms with Gasteiger partial charge in [-0.15, -0.1) is 11.3 Å². The van der Waals surface area contributed by atoms with Crippen molar-refractivity contribution < 1.29 is 4.79 Å². The Kier molecular flexibility index (Phi) is 4.82. The second-order valence-corrected chi connectivity index (χ2v) is 6.22. The molecule has 17 heavy (non-hydrogen) atoms. The summed E-state index contributed by atoms with van der Waals surface area (Å²) in [6.45, 7) is 3.57. The molecule has 94 valence electrons. The zero-order chi connectivity index (χ0) is 12.1. The first-order valence-electron chi connectivity index (χ1n) is 5.82. The van der Waals surface area contributed by atoms with Gasteiger partial charge < -0.3 is 10.6 Å². The van der Waals surface area contributed by atoms with Gasteiger partial charge in [0.15, 0.2) is 0 Å². The molecule has 0 aromatic carbocycles. The molecule has 1 aromatic rings. The van der Waals surface area contributed by atoms with Crippen LogP contribution in [0.5, 0.6) is 0 Å². The number of thioether (sulfide) groups is 1. The van der Waals surface area contributed by atoms with Gasteiger partial charge in [-0.3, -0.25) is 4.79 Å². The maximum Gasteiger partial charge on any atom is 0.238 e. The minimum absolute atomic E-state index is 0.0423. The standard InChI is InChI=1S/C11H17N3OS2/c1-2-8-5-13-10(17-8)6-14-11(15)9-7-16-4-3-12-9/h5,9,12H,2-4,6-7H2,1H3,(H,14,15). The van der Waals surface area contributed by atoms with Gasteiger partial charge in [0.2, 0.25) is 5.91 Å². The van der Waals surface area contributed by atoms with Gasteiger partial charge in [-0.25, -0.2) is 4.98 Å². The summed E-state index contributed by atoms with van der Waals surface area (Å²) in [5, 5.41) is 7.15. The Morgan fingerprint density at radius 1 is 1.71 bits per heavy atom. The molecule has 1 aliphatic rings. The molecule has 1 amide bonds. The van der Waals surface area contributed by atoms with Crippen LogP contribution in [0.2, 0.25) is 0 Å². The van der Waals surface area contributed by atoms with Crippen molar-refractivity contribution in [3.05, 3.63) is 16.1 Å². The number of hydrogen-bond acceptors (Lipinski definition) is 5. The number of aromatic nitrogens is 1. The Bertz CT molecular complexity index is 375. The van der Waals surface area contributed by atoms with E-state index in [2.05, 4.69) is 22.5 Å². The molecule has 0 bridgehead atoms. The van der Waals surface area contributed by atoms with Gasteiger partial charge in [-0.05, 0) is 6.42 Å². The molecule has 1 fully saturated rings. The predicted octanol–water partition coefficient (Wildman–Crippen LogP) is 1.03. The number of hydrogen-bond donors (Lipinski definition) is 2. The highest BCUT2D eigenvalue weighted by molar-refractivity contribution is 7.99. The molecule has 6 heteroatoms. The first kappa shape index (κ1) is 12.9. The molecule has 0 radical (unpaired) electrons. The Balaban J connectivity index is 1.78. The molecule has 1 unspecified atom stereocenters. The number of nitrogens with one attached hydrogen (secondary N) is 2. The number of amides is 1. The Morgan fingerprint density at radius 3 is 3.24 bits per heavy atom. The number of carbonyl (C=O) groups is 1. The first-order chi connectivity index (χ1) is 8.29. The average molecular weight is 271 g/mol. The van der Waals surface area contributed by atoms with Crippen molar-refractivity contribution >= 4 is 29.0 Å².